The molecular formula is C21H30N4O2. The Bertz CT molecular complexity index is 766. The molecular weight excluding hydrogens is 340 g/mol. The number of carbonyl (C=O) groups is 1. The lowest BCUT2D eigenvalue weighted by Crippen LogP contribution is -2.59. The third kappa shape index (κ3) is 4.76. The molecule has 6 heteroatoms. The van der Waals surface area contributed by atoms with Gasteiger partial charge in [0.1, 0.15) is 0 Å². The zero-order valence-corrected chi connectivity index (χ0v) is 16.5. The SMILES string of the molecule is CC(C)(C)CN1CCCC(O)(CNCc2cn[nH]c2-c2ccccc2)C1=O. The second-order valence-corrected chi connectivity index (χ2v) is 8.66. The molecule has 3 N–H and O–H groups in total. The van der Waals surface area contributed by atoms with E-state index in [1.54, 1.807) is 11.1 Å². The number of aromatic amines is 1. The number of rotatable bonds is 6. The van der Waals surface area contributed by atoms with Crippen LogP contribution >= 0.6 is 0 Å². The highest BCUT2D eigenvalue weighted by Gasteiger charge is 2.42. The average molecular weight is 370 g/mol. The smallest absolute Gasteiger partial charge is 0.255 e. The predicted octanol–water partition coefficient (Wildman–Crippen LogP) is 2.57. The first-order chi connectivity index (χ1) is 12.8. The van der Waals surface area contributed by atoms with Gasteiger partial charge in [0.05, 0.1) is 11.9 Å². The summed E-state index contributed by atoms with van der Waals surface area (Å²) in [7, 11) is 0. The van der Waals surface area contributed by atoms with E-state index in [0.29, 0.717) is 19.5 Å². The van der Waals surface area contributed by atoms with Gasteiger partial charge in [-0.3, -0.25) is 9.89 Å². The minimum absolute atomic E-state index is 0.0166. The molecule has 2 aromatic rings. The number of hydrogen-bond acceptors (Lipinski definition) is 4. The topological polar surface area (TPSA) is 81.2 Å². The summed E-state index contributed by atoms with van der Waals surface area (Å²) in [5.41, 5.74) is 1.72. The monoisotopic (exact) mass is 370 g/mol. The van der Waals surface area contributed by atoms with Crippen LogP contribution < -0.4 is 5.32 Å². The van der Waals surface area contributed by atoms with Gasteiger partial charge in [0.2, 0.25) is 0 Å². The summed E-state index contributed by atoms with van der Waals surface area (Å²) >= 11 is 0. The van der Waals surface area contributed by atoms with E-state index in [0.717, 1.165) is 29.8 Å². The number of likely N-dealkylation sites (tertiary alicyclic amines) is 1. The van der Waals surface area contributed by atoms with Crippen molar-refractivity contribution < 1.29 is 9.90 Å². The van der Waals surface area contributed by atoms with E-state index in [4.69, 9.17) is 0 Å². The van der Waals surface area contributed by atoms with Crippen LogP contribution in [0.2, 0.25) is 0 Å². The van der Waals surface area contributed by atoms with Crippen LogP contribution in [0.3, 0.4) is 0 Å². The lowest BCUT2D eigenvalue weighted by atomic mass is 9.88. The summed E-state index contributed by atoms with van der Waals surface area (Å²) in [6, 6.07) is 10.0. The summed E-state index contributed by atoms with van der Waals surface area (Å²) in [5, 5.41) is 21.4. The normalized spacial score (nSPS) is 20.9. The van der Waals surface area contributed by atoms with E-state index in [1.165, 1.54) is 0 Å². The van der Waals surface area contributed by atoms with Crippen molar-refractivity contribution in [3.63, 3.8) is 0 Å². The summed E-state index contributed by atoms with van der Waals surface area (Å²) in [5.74, 6) is -0.161. The molecule has 1 aliphatic rings. The molecule has 1 aromatic carbocycles. The standard InChI is InChI=1S/C21H30N4O2/c1-20(2,3)15-25-11-7-10-21(27,19(25)26)14-22-12-17-13-23-24-18(17)16-8-5-4-6-9-16/h4-6,8-9,13,22,27H,7,10-12,14-15H2,1-3H3,(H,23,24). The predicted molar refractivity (Wildman–Crippen MR) is 106 cm³/mol. The van der Waals surface area contributed by atoms with Crippen LogP contribution in [0.25, 0.3) is 11.3 Å². The Kier molecular flexibility index (Phi) is 5.67. The number of H-pyrrole nitrogens is 1. The molecule has 1 aromatic heterocycles. The molecule has 0 bridgehead atoms. The van der Waals surface area contributed by atoms with Gasteiger partial charge in [-0.1, -0.05) is 51.1 Å². The molecule has 146 valence electrons. The van der Waals surface area contributed by atoms with Gasteiger partial charge < -0.3 is 15.3 Å². The lowest BCUT2D eigenvalue weighted by molar-refractivity contribution is -0.158. The number of carbonyl (C=O) groups excluding carboxylic acids is 1. The molecule has 27 heavy (non-hydrogen) atoms. The van der Waals surface area contributed by atoms with Gasteiger partial charge in [-0.15, -0.1) is 0 Å². The Balaban J connectivity index is 1.62. The Morgan fingerprint density at radius 2 is 2.04 bits per heavy atom. The fraction of sp³-hybridized carbons (Fsp3) is 0.524. The van der Waals surface area contributed by atoms with Gasteiger partial charge in [-0.25, -0.2) is 0 Å². The van der Waals surface area contributed by atoms with E-state index in [-0.39, 0.29) is 17.9 Å². The highest BCUT2D eigenvalue weighted by molar-refractivity contribution is 5.86. The van der Waals surface area contributed by atoms with Gasteiger partial charge in [0.25, 0.3) is 5.91 Å². The first kappa shape index (κ1) is 19.6. The van der Waals surface area contributed by atoms with Crippen molar-refractivity contribution in [1.29, 1.82) is 0 Å². The molecule has 3 rings (SSSR count). The minimum atomic E-state index is -1.33. The molecule has 0 aliphatic carbocycles. The molecule has 6 nitrogen and oxygen atoms in total. The van der Waals surface area contributed by atoms with Crippen molar-refractivity contribution in [3.05, 3.63) is 42.1 Å². The number of nitrogens with zero attached hydrogens (tertiary/aromatic N) is 2. The molecule has 1 amide bonds. The maximum atomic E-state index is 12.8. The molecule has 2 heterocycles. The van der Waals surface area contributed by atoms with Crippen LogP contribution in [-0.4, -0.2) is 51.3 Å². The van der Waals surface area contributed by atoms with E-state index < -0.39 is 5.60 Å². The first-order valence-electron chi connectivity index (χ1n) is 9.59. The summed E-state index contributed by atoms with van der Waals surface area (Å²) in [6.07, 6.45) is 3.10. The maximum Gasteiger partial charge on any atom is 0.255 e. The van der Waals surface area contributed by atoms with E-state index in [2.05, 4.69) is 36.3 Å². The summed E-state index contributed by atoms with van der Waals surface area (Å²) in [4.78, 5) is 14.6. The number of nitrogens with one attached hydrogen (secondary N) is 2. The van der Waals surface area contributed by atoms with Crippen LogP contribution in [0.1, 0.15) is 39.2 Å². The van der Waals surface area contributed by atoms with Crippen LogP contribution in [0.4, 0.5) is 0 Å². The van der Waals surface area contributed by atoms with Crippen molar-refractivity contribution in [2.24, 2.45) is 5.41 Å². The molecule has 1 atom stereocenters. The van der Waals surface area contributed by atoms with Crippen molar-refractivity contribution in [2.75, 3.05) is 19.6 Å². The quantitative estimate of drug-likeness (QED) is 0.730. The Morgan fingerprint density at radius 3 is 2.74 bits per heavy atom. The fourth-order valence-electron chi connectivity index (χ4n) is 3.66. The van der Waals surface area contributed by atoms with Gasteiger partial charge in [-0.2, -0.15) is 5.10 Å². The molecule has 1 fully saturated rings. The largest absolute Gasteiger partial charge is 0.379 e. The highest BCUT2D eigenvalue weighted by Crippen LogP contribution is 2.26. The highest BCUT2D eigenvalue weighted by atomic mass is 16.3. The van der Waals surface area contributed by atoms with Crippen molar-refractivity contribution in [1.82, 2.24) is 20.4 Å². The number of benzene rings is 1. The third-order valence-electron chi connectivity index (χ3n) is 4.88. The zero-order chi connectivity index (χ0) is 19.5. The van der Waals surface area contributed by atoms with Crippen LogP contribution in [-0.2, 0) is 11.3 Å². The van der Waals surface area contributed by atoms with Crippen molar-refractivity contribution >= 4 is 5.91 Å². The molecule has 0 saturated carbocycles. The summed E-state index contributed by atoms with van der Waals surface area (Å²) in [6.45, 7) is 8.48. The van der Waals surface area contributed by atoms with Gasteiger partial charge in [0.15, 0.2) is 5.60 Å². The van der Waals surface area contributed by atoms with Crippen molar-refractivity contribution in [3.8, 4) is 11.3 Å². The van der Waals surface area contributed by atoms with Crippen LogP contribution in [0.15, 0.2) is 36.5 Å². The number of aromatic nitrogens is 2. The average Bonchev–Trinajstić information content (AvgIpc) is 3.07. The Labute approximate surface area is 161 Å². The number of amides is 1. The third-order valence-corrected chi connectivity index (χ3v) is 4.88. The first-order valence-corrected chi connectivity index (χ1v) is 9.59. The van der Waals surface area contributed by atoms with Gasteiger partial charge in [-0.05, 0) is 23.8 Å². The molecule has 1 saturated heterocycles. The number of hydrogen-bond donors (Lipinski definition) is 3. The number of piperidine rings is 1. The second-order valence-electron chi connectivity index (χ2n) is 8.66. The van der Waals surface area contributed by atoms with Gasteiger partial charge >= 0.3 is 0 Å². The lowest BCUT2D eigenvalue weighted by Gasteiger charge is -2.41. The summed E-state index contributed by atoms with van der Waals surface area (Å²) < 4.78 is 0. The van der Waals surface area contributed by atoms with Gasteiger partial charge in [0, 0.05) is 31.7 Å². The minimum Gasteiger partial charge on any atom is -0.379 e. The number of aliphatic hydroxyl groups is 1. The van der Waals surface area contributed by atoms with E-state index >= 15 is 0 Å². The molecule has 0 spiro atoms. The molecule has 1 aliphatic heterocycles. The Morgan fingerprint density at radius 1 is 1.30 bits per heavy atom. The van der Waals surface area contributed by atoms with E-state index in [1.807, 2.05) is 30.3 Å². The molecule has 0 radical (unpaired) electrons. The van der Waals surface area contributed by atoms with E-state index in [9.17, 15) is 9.90 Å². The second kappa shape index (κ2) is 7.82. The van der Waals surface area contributed by atoms with Crippen molar-refractivity contribution in [2.45, 2.75) is 45.8 Å². The molecule has 1 unspecified atom stereocenters. The zero-order valence-electron chi connectivity index (χ0n) is 16.5. The Hall–Kier alpha value is -2.18. The van der Waals surface area contributed by atoms with Crippen LogP contribution in [0.5, 0.6) is 0 Å². The fourth-order valence-corrected chi connectivity index (χ4v) is 3.66. The maximum absolute atomic E-state index is 12.8. The van der Waals surface area contributed by atoms with Crippen LogP contribution in [0, 0.1) is 5.41 Å².